The van der Waals surface area contributed by atoms with Crippen LogP contribution < -0.4 is 5.32 Å². The summed E-state index contributed by atoms with van der Waals surface area (Å²) in [6, 6.07) is 5.87. The Balaban J connectivity index is 2.73. The molecule has 29 heavy (non-hydrogen) atoms. The number of nitrogens with one attached hydrogen (secondary N) is 2. The number of alkyl halides is 3. The summed E-state index contributed by atoms with van der Waals surface area (Å²) in [5.74, 6) is -1.82. The van der Waals surface area contributed by atoms with E-state index in [2.05, 4.69) is 9.72 Å². The van der Waals surface area contributed by atoms with Crippen molar-refractivity contribution >= 4 is 30.1 Å². The minimum Gasteiger partial charge on any atom is -0.467 e. The predicted octanol–water partition coefficient (Wildman–Crippen LogP) is 4.07. The Morgan fingerprint density at radius 1 is 1.14 bits per heavy atom. The minimum absolute atomic E-state index is 0.0122. The van der Waals surface area contributed by atoms with Crippen molar-refractivity contribution in [3.63, 3.8) is 0 Å². The van der Waals surface area contributed by atoms with Crippen molar-refractivity contribution in [1.82, 2.24) is 10.3 Å². The molecule has 1 aromatic heterocycles. The third-order valence-electron chi connectivity index (χ3n) is 4.05. The van der Waals surface area contributed by atoms with E-state index in [0.29, 0.717) is 0 Å². The molecule has 1 amide bonds. The molecule has 0 bridgehead atoms. The molecule has 1 aromatic carbocycles. The lowest BCUT2D eigenvalue weighted by molar-refractivity contribution is -0.212. The highest BCUT2D eigenvalue weighted by Crippen LogP contribution is 2.51. The second-order valence-corrected chi connectivity index (χ2v) is 7.67. The van der Waals surface area contributed by atoms with E-state index in [4.69, 9.17) is 9.05 Å². The smallest absolute Gasteiger partial charge is 0.426 e. The van der Waals surface area contributed by atoms with Gasteiger partial charge in [-0.1, -0.05) is 18.2 Å². The number of aromatic amines is 1. The number of H-pyrrole nitrogens is 1. The Hall–Kier alpha value is -2.36. The number of esters is 1. The molecule has 12 heteroatoms. The first-order valence-electron chi connectivity index (χ1n) is 8.51. The van der Waals surface area contributed by atoms with E-state index < -0.39 is 36.5 Å². The van der Waals surface area contributed by atoms with Gasteiger partial charge in [-0.3, -0.25) is 4.79 Å². The molecular weight excluding hydrogens is 416 g/mol. The van der Waals surface area contributed by atoms with E-state index in [1.54, 1.807) is 11.4 Å². The van der Waals surface area contributed by atoms with Gasteiger partial charge in [-0.05, 0) is 19.9 Å². The lowest BCUT2D eigenvalue weighted by Crippen LogP contribution is -2.61. The summed E-state index contributed by atoms with van der Waals surface area (Å²) in [5.41, 5.74) is -5.70. The van der Waals surface area contributed by atoms with Crippen molar-refractivity contribution in [2.75, 3.05) is 20.3 Å². The number of carbonyl (C=O) groups is 2. The van der Waals surface area contributed by atoms with E-state index >= 15 is 0 Å². The highest BCUT2D eigenvalue weighted by Gasteiger charge is 2.66. The largest absolute Gasteiger partial charge is 0.467 e. The molecule has 0 radical (unpaired) electrons. The number of amides is 1. The molecule has 0 saturated carbocycles. The van der Waals surface area contributed by atoms with Crippen LogP contribution in [0.25, 0.3) is 10.9 Å². The number of carbonyl (C=O) groups excluding carboxylic acids is 2. The fourth-order valence-corrected chi connectivity index (χ4v) is 4.12. The van der Waals surface area contributed by atoms with Gasteiger partial charge in [0.25, 0.3) is 5.54 Å². The number of halogens is 3. The summed E-state index contributed by atoms with van der Waals surface area (Å²) in [5, 5.41) is 1.57. The lowest BCUT2D eigenvalue weighted by atomic mass is 9.88. The number of benzene rings is 1. The minimum atomic E-state index is -5.36. The first kappa shape index (κ1) is 22.9. The zero-order valence-corrected chi connectivity index (χ0v) is 16.7. The summed E-state index contributed by atoms with van der Waals surface area (Å²) in [6.45, 7) is 2.23. The van der Waals surface area contributed by atoms with E-state index in [1.807, 2.05) is 0 Å². The molecule has 0 aliphatic heterocycles. The second kappa shape index (κ2) is 8.56. The SMILES string of the molecule is CCOP(=O)(OCC)C(=O)NC(C(=O)OC)(c1c[nH]c2ccccc12)C(F)(F)F. The van der Waals surface area contributed by atoms with Gasteiger partial charge in [-0.25, -0.2) is 9.36 Å². The van der Waals surface area contributed by atoms with Gasteiger partial charge >= 0.3 is 25.4 Å². The van der Waals surface area contributed by atoms with Gasteiger partial charge in [0.05, 0.1) is 20.3 Å². The molecule has 2 aromatic rings. The van der Waals surface area contributed by atoms with Crippen LogP contribution >= 0.6 is 7.60 Å². The zero-order valence-electron chi connectivity index (χ0n) is 15.8. The first-order chi connectivity index (χ1) is 13.6. The fraction of sp³-hybridized carbons (Fsp3) is 0.412. The van der Waals surface area contributed by atoms with Crippen LogP contribution in [0, 0.1) is 0 Å². The number of hydrogen-bond acceptors (Lipinski definition) is 6. The Morgan fingerprint density at radius 2 is 1.72 bits per heavy atom. The van der Waals surface area contributed by atoms with Gasteiger partial charge in [0.1, 0.15) is 0 Å². The highest BCUT2D eigenvalue weighted by atomic mass is 31.2. The van der Waals surface area contributed by atoms with E-state index in [-0.39, 0.29) is 24.1 Å². The van der Waals surface area contributed by atoms with Crippen LogP contribution in [0.15, 0.2) is 30.5 Å². The predicted molar refractivity (Wildman–Crippen MR) is 97.4 cm³/mol. The standard InChI is InChI=1S/C17H20F3N2O6P/c1-4-27-29(25,28-5-2)15(24)22-16(14(23)26-3,17(18,19)20)12-10-21-13-9-7-6-8-11(12)13/h6-10,21H,4-5H2,1-3H3,(H,22,24). The van der Waals surface area contributed by atoms with E-state index in [1.165, 1.54) is 32.0 Å². The number of fused-ring (bicyclic) bond motifs is 1. The zero-order chi connectivity index (χ0) is 21.9. The molecule has 1 atom stereocenters. The molecule has 0 spiro atoms. The van der Waals surface area contributed by atoms with Crippen molar-refractivity contribution in [3.05, 3.63) is 36.0 Å². The van der Waals surface area contributed by atoms with Gasteiger partial charge in [-0.2, -0.15) is 13.2 Å². The Labute approximate surface area is 164 Å². The van der Waals surface area contributed by atoms with E-state index in [0.717, 1.165) is 13.3 Å². The molecular formula is C17H20F3N2O6P. The molecule has 1 heterocycles. The summed E-state index contributed by atoms with van der Waals surface area (Å²) in [6.07, 6.45) is -4.42. The maximum atomic E-state index is 14.3. The maximum absolute atomic E-state index is 14.3. The molecule has 0 aliphatic rings. The van der Waals surface area contributed by atoms with Crippen molar-refractivity contribution < 1.29 is 41.1 Å². The summed E-state index contributed by atoms with van der Waals surface area (Å²) < 4.78 is 69.6. The van der Waals surface area contributed by atoms with Crippen LogP contribution in [-0.4, -0.2) is 43.1 Å². The van der Waals surface area contributed by atoms with Crippen LogP contribution in [0.4, 0.5) is 18.0 Å². The Kier molecular flexibility index (Phi) is 6.77. The number of aromatic nitrogens is 1. The van der Waals surface area contributed by atoms with Crippen LogP contribution in [0.1, 0.15) is 19.4 Å². The maximum Gasteiger partial charge on any atom is 0.426 e. The topological polar surface area (TPSA) is 107 Å². The quantitative estimate of drug-likeness (QED) is 0.477. The lowest BCUT2D eigenvalue weighted by Gasteiger charge is -2.34. The molecule has 0 saturated heterocycles. The average molecular weight is 436 g/mol. The third-order valence-corrected chi connectivity index (χ3v) is 5.86. The van der Waals surface area contributed by atoms with Crippen molar-refractivity contribution in [2.24, 2.45) is 0 Å². The molecule has 2 rings (SSSR count). The molecule has 2 N–H and O–H groups in total. The van der Waals surface area contributed by atoms with Crippen LogP contribution in [0.2, 0.25) is 0 Å². The van der Waals surface area contributed by atoms with Crippen molar-refractivity contribution in [3.8, 4) is 0 Å². The van der Waals surface area contributed by atoms with E-state index in [9.17, 15) is 27.3 Å². The van der Waals surface area contributed by atoms with Crippen LogP contribution in [-0.2, 0) is 28.7 Å². The molecule has 1 unspecified atom stereocenters. The second-order valence-electron chi connectivity index (χ2n) is 5.75. The summed E-state index contributed by atoms with van der Waals surface area (Å²) in [4.78, 5) is 27.7. The Morgan fingerprint density at radius 3 is 2.24 bits per heavy atom. The number of ether oxygens (including phenoxy) is 1. The highest BCUT2D eigenvalue weighted by molar-refractivity contribution is 7.71. The van der Waals surface area contributed by atoms with Gasteiger partial charge in [0.15, 0.2) is 0 Å². The summed E-state index contributed by atoms with van der Waals surface area (Å²) in [7, 11) is -3.91. The van der Waals surface area contributed by atoms with Gasteiger partial charge < -0.3 is 24.1 Å². The first-order valence-corrected chi connectivity index (χ1v) is 10.0. The van der Waals surface area contributed by atoms with Gasteiger partial charge in [0.2, 0.25) is 0 Å². The number of methoxy groups -OCH3 is 1. The monoisotopic (exact) mass is 436 g/mol. The molecule has 0 fully saturated rings. The Bertz CT molecular complexity index is 935. The van der Waals surface area contributed by atoms with Crippen LogP contribution in [0.3, 0.4) is 0 Å². The molecule has 8 nitrogen and oxygen atoms in total. The van der Waals surface area contributed by atoms with Crippen molar-refractivity contribution in [1.29, 1.82) is 0 Å². The molecule has 160 valence electrons. The fourth-order valence-electron chi connectivity index (χ4n) is 2.83. The van der Waals surface area contributed by atoms with Crippen LogP contribution in [0.5, 0.6) is 0 Å². The third kappa shape index (κ3) is 4.03. The normalized spacial score (nSPS) is 14.4. The number of para-hydroxylation sites is 1. The number of rotatable bonds is 8. The van der Waals surface area contributed by atoms with Gasteiger partial charge in [0, 0.05) is 22.7 Å². The average Bonchev–Trinajstić information content (AvgIpc) is 3.09. The number of hydrogen-bond donors (Lipinski definition) is 2. The summed E-state index contributed by atoms with van der Waals surface area (Å²) >= 11 is 0. The van der Waals surface area contributed by atoms with Crippen molar-refractivity contribution in [2.45, 2.75) is 25.6 Å². The molecule has 0 aliphatic carbocycles. The van der Waals surface area contributed by atoms with Gasteiger partial charge in [-0.15, -0.1) is 0 Å².